The molecule has 6 nitrogen and oxygen atoms in total. The van der Waals surface area contributed by atoms with Crippen molar-refractivity contribution < 1.29 is 19.3 Å². The molecule has 0 bridgehead atoms. The van der Waals surface area contributed by atoms with Crippen LogP contribution in [0.1, 0.15) is 30.0 Å². The van der Waals surface area contributed by atoms with Crippen LogP contribution in [0.3, 0.4) is 0 Å². The molecule has 1 aliphatic rings. The van der Waals surface area contributed by atoms with Gasteiger partial charge in [0.1, 0.15) is 17.2 Å². The van der Waals surface area contributed by atoms with Gasteiger partial charge in [-0.3, -0.25) is 9.80 Å². The summed E-state index contributed by atoms with van der Waals surface area (Å²) in [5.74, 6) is 2.69. The molecule has 0 radical (unpaired) electrons. The van der Waals surface area contributed by atoms with Crippen LogP contribution in [0.25, 0.3) is 0 Å². The van der Waals surface area contributed by atoms with E-state index in [0.717, 1.165) is 62.0 Å². The summed E-state index contributed by atoms with van der Waals surface area (Å²) in [6, 6.07) is 12.6. The molecule has 0 aliphatic carbocycles. The predicted molar refractivity (Wildman–Crippen MR) is 123 cm³/mol. The molecular formula is C25H36N2O4. The van der Waals surface area contributed by atoms with Crippen molar-refractivity contribution in [3.63, 3.8) is 0 Å². The zero-order valence-corrected chi connectivity index (χ0v) is 19.3. The van der Waals surface area contributed by atoms with Crippen molar-refractivity contribution >= 4 is 0 Å². The lowest BCUT2D eigenvalue weighted by Crippen LogP contribution is -2.52. The molecule has 3 rings (SSSR count). The van der Waals surface area contributed by atoms with Gasteiger partial charge in [0.25, 0.3) is 0 Å². The highest BCUT2D eigenvalue weighted by Gasteiger charge is 2.28. The third kappa shape index (κ3) is 5.70. The summed E-state index contributed by atoms with van der Waals surface area (Å²) in [6.45, 7) is 9.36. The Morgan fingerprint density at radius 3 is 2.48 bits per heavy atom. The number of nitrogens with zero attached hydrogens (tertiary/aromatic N) is 2. The lowest BCUT2D eigenvalue weighted by Gasteiger charge is -2.41. The van der Waals surface area contributed by atoms with E-state index >= 15 is 0 Å². The first-order valence-electron chi connectivity index (χ1n) is 11.1. The van der Waals surface area contributed by atoms with Crippen LogP contribution in [-0.2, 0) is 13.1 Å². The predicted octanol–water partition coefficient (Wildman–Crippen LogP) is 3.48. The molecule has 1 aliphatic heterocycles. The molecule has 0 unspecified atom stereocenters. The molecule has 31 heavy (non-hydrogen) atoms. The minimum atomic E-state index is 0.188. The third-order valence-corrected chi connectivity index (χ3v) is 6.05. The van der Waals surface area contributed by atoms with Gasteiger partial charge in [0.05, 0.1) is 20.8 Å². The number of piperazine rings is 1. The average molecular weight is 429 g/mol. The zero-order valence-electron chi connectivity index (χ0n) is 19.3. The molecule has 0 amide bonds. The maximum atomic E-state index is 9.69. The average Bonchev–Trinajstić information content (AvgIpc) is 2.77. The topological polar surface area (TPSA) is 54.4 Å². The molecule has 1 N–H and O–H groups in total. The lowest BCUT2D eigenvalue weighted by molar-refractivity contribution is 0.0490. The maximum Gasteiger partial charge on any atom is 0.129 e. The molecule has 1 saturated heterocycles. The number of aliphatic hydroxyl groups excluding tert-OH is 1. The smallest absolute Gasteiger partial charge is 0.129 e. The Hall–Kier alpha value is -2.28. The third-order valence-electron chi connectivity index (χ3n) is 6.05. The van der Waals surface area contributed by atoms with Crippen LogP contribution < -0.4 is 14.2 Å². The fraction of sp³-hybridized carbons (Fsp3) is 0.520. The summed E-state index contributed by atoms with van der Waals surface area (Å²) >= 11 is 0. The monoisotopic (exact) mass is 428 g/mol. The number of ether oxygens (including phenoxy) is 3. The van der Waals surface area contributed by atoms with E-state index < -0.39 is 0 Å². The second-order valence-electron chi connectivity index (χ2n) is 8.00. The summed E-state index contributed by atoms with van der Waals surface area (Å²) in [5.41, 5.74) is 3.40. The zero-order chi connectivity index (χ0) is 22.2. The van der Waals surface area contributed by atoms with Crippen LogP contribution in [0.4, 0.5) is 0 Å². The normalized spacial score (nSPS) is 17.5. The Kier molecular flexibility index (Phi) is 8.58. The van der Waals surface area contributed by atoms with E-state index in [2.05, 4.69) is 28.0 Å². The summed E-state index contributed by atoms with van der Waals surface area (Å²) in [5, 5.41) is 9.69. The van der Waals surface area contributed by atoms with Crippen molar-refractivity contribution in [1.82, 2.24) is 9.80 Å². The first-order chi connectivity index (χ1) is 15.1. The summed E-state index contributed by atoms with van der Waals surface area (Å²) in [4.78, 5) is 4.93. The first kappa shape index (κ1) is 23.4. The van der Waals surface area contributed by atoms with Gasteiger partial charge in [-0.1, -0.05) is 24.3 Å². The standard InChI is InChI=1S/C25H36N2O4/c1-5-31-24-9-7-6-8-20(24)17-27-14-13-26(18-22(27)12-15-28)16-21-10-11-23(29-3)19(2)25(21)30-4/h6-11,22,28H,5,12-18H2,1-4H3/t22-/m1/s1. The molecule has 0 spiro atoms. The SMILES string of the molecule is CCOc1ccccc1CN1CCN(Cc2ccc(OC)c(C)c2OC)C[C@H]1CCO. The fourth-order valence-electron chi connectivity index (χ4n) is 4.48. The van der Waals surface area contributed by atoms with Gasteiger partial charge in [0, 0.05) is 62.1 Å². The van der Waals surface area contributed by atoms with Crippen molar-refractivity contribution in [3.05, 3.63) is 53.1 Å². The second-order valence-corrected chi connectivity index (χ2v) is 8.00. The number of hydrogen-bond donors (Lipinski definition) is 1. The highest BCUT2D eigenvalue weighted by Crippen LogP contribution is 2.32. The van der Waals surface area contributed by atoms with Crippen LogP contribution >= 0.6 is 0 Å². The van der Waals surface area contributed by atoms with Crippen LogP contribution in [0.2, 0.25) is 0 Å². The highest BCUT2D eigenvalue weighted by atomic mass is 16.5. The highest BCUT2D eigenvalue weighted by molar-refractivity contribution is 5.49. The molecule has 1 fully saturated rings. The van der Waals surface area contributed by atoms with E-state index in [1.807, 2.05) is 32.0 Å². The molecule has 2 aromatic carbocycles. The molecule has 170 valence electrons. The fourth-order valence-corrected chi connectivity index (χ4v) is 4.48. The number of para-hydroxylation sites is 1. The van der Waals surface area contributed by atoms with Gasteiger partial charge < -0.3 is 19.3 Å². The Bertz CT molecular complexity index is 842. The van der Waals surface area contributed by atoms with Gasteiger partial charge in [-0.15, -0.1) is 0 Å². The second kappa shape index (κ2) is 11.4. The van der Waals surface area contributed by atoms with Crippen LogP contribution in [0.5, 0.6) is 17.2 Å². The summed E-state index contributed by atoms with van der Waals surface area (Å²) in [6.07, 6.45) is 0.756. The molecular weight excluding hydrogens is 392 g/mol. The number of aliphatic hydroxyl groups is 1. The summed E-state index contributed by atoms with van der Waals surface area (Å²) in [7, 11) is 3.40. The maximum absolute atomic E-state index is 9.69. The minimum Gasteiger partial charge on any atom is -0.496 e. The summed E-state index contributed by atoms with van der Waals surface area (Å²) < 4.78 is 17.0. The largest absolute Gasteiger partial charge is 0.496 e. The van der Waals surface area contributed by atoms with Crippen molar-refractivity contribution in [3.8, 4) is 17.2 Å². The van der Waals surface area contributed by atoms with Gasteiger partial charge in [0.2, 0.25) is 0 Å². The van der Waals surface area contributed by atoms with E-state index in [4.69, 9.17) is 14.2 Å². The molecule has 1 atom stereocenters. The van der Waals surface area contributed by atoms with E-state index in [9.17, 15) is 5.11 Å². The number of hydrogen-bond acceptors (Lipinski definition) is 6. The van der Waals surface area contributed by atoms with Gasteiger partial charge in [-0.05, 0) is 32.4 Å². The van der Waals surface area contributed by atoms with Crippen molar-refractivity contribution in [2.45, 2.75) is 39.4 Å². The molecule has 2 aromatic rings. The van der Waals surface area contributed by atoms with Gasteiger partial charge in [0.15, 0.2) is 0 Å². The van der Waals surface area contributed by atoms with E-state index in [0.29, 0.717) is 12.6 Å². The van der Waals surface area contributed by atoms with E-state index in [1.54, 1.807) is 14.2 Å². The number of benzene rings is 2. The van der Waals surface area contributed by atoms with E-state index in [-0.39, 0.29) is 6.61 Å². The quantitative estimate of drug-likeness (QED) is 0.625. The van der Waals surface area contributed by atoms with Gasteiger partial charge >= 0.3 is 0 Å². The number of methoxy groups -OCH3 is 2. The van der Waals surface area contributed by atoms with Gasteiger partial charge in [-0.25, -0.2) is 0 Å². The van der Waals surface area contributed by atoms with Crippen LogP contribution in [0, 0.1) is 6.92 Å². The van der Waals surface area contributed by atoms with Crippen molar-refractivity contribution in [2.24, 2.45) is 0 Å². The van der Waals surface area contributed by atoms with Crippen LogP contribution in [0.15, 0.2) is 36.4 Å². The van der Waals surface area contributed by atoms with E-state index in [1.165, 1.54) is 11.1 Å². The van der Waals surface area contributed by atoms with Crippen molar-refractivity contribution in [2.75, 3.05) is 47.1 Å². The first-order valence-corrected chi connectivity index (χ1v) is 11.1. The molecule has 0 saturated carbocycles. The molecule has 6 heteroatoms. The Morgan fingerprint density at radius 2 is 1.77 bits per heavy atom. The van der Waals surface area contributed by atoms with Crippen molar-refractivity contribution in [1.29, 1.82) is 0 Å². The Morgan fingerprint density at radius 1 is 0.968 bits per heavy atom. The van der Waals surface area contributed by atoms with Gasteiger partial charge in [-0.2, -0.15) is 0 Å². The molecule has 1 heterocycles. The minimum absolute atomic E-state index is 0.188. The van der Waals surface area contributed by atoms with Crippen LogP contribution in [-0.4, -0.2) is 68.0 Å². The molecule has 0 aromatic heterocycles. The lowest BCUT2D eigenvalue weighted by atomic mass is 10.0. The Balaban J connectivity index is 1.71. The number of rotatable bonds is 10. The Labute approximate surface area is 186 Å².